The van der Waals surface area contributed by atoms with Crippen LogP contribution in [0.3, 0.4) is 0 Å². The number of nitrogens with one attached hydrogen (secondary N) is 2. The van der Waals surface area contributed by atoms with E-state index in [1.54, 1.807) is 24.4 Å². The Hall–Kier alpha value is -2.37. The minimum atomic E-state index is -0.660. The molecule has 6 heteroatoms. The number of benzene rings is 1. The van der Waals surface area contributed by atoms with Crippen LogP contribution in [0.15, 0.2) is 24.4 Å². The topological polar surface area (TPSA) is 84.1 Å². The van der Waals surface area contributed by atoms with Gasteiger partial charge in [-0.15, -0.1) is 0 Å². The number of ether oxygens (including phenoxy) is 1. The molecule has 0 bridgehead atoms. The molecule has 106 valence electrons. The lowest BCUT2D eigenvalue weighted by molar-refractivity contribution is -0.144. The van der Waals surface area contributed by atoms with Crippen LogP contribution in [-0.2, 0) is 9.53 Å². The van der Waals surface area contributed by atoms with E-state index in [1.807, 2.05) is 13.8 Å². The minimum absolute atomic E-state index is 0.0518. The average molecular weight is 275 g/mol. The van der Waals surface area contributed by atoms with Crippen LogP contribution in [-0.4, -0.2) is 35.2 Å². The van der Waals surface area contributed by atoms with Gasteiger partial charge in [0, 0.05) is 10.9 Å². The number of nitrogens with zero attached hydrogens (tertiary/aromatic N) is 1. The Morgan fingerprint density at radius 3 is 2.75 bits per heavy atom. The number of carbonyl (C=O) groups is 2. The van der Waals surface area contributed by atoms with Crippen molar-refractivity contribution < 1.29 is 14.3 Å². The van der Waals surface area contributed by atoms with Crippen LogP contribution in [0, 0.1) is 5.92 Å². The Balaban J connectivity index is 2.19. The van der Waals surface area contributed by atoms with Crippen molar-refractivity contribution in [1.29, 1.82) is 0 Å². The SMILES string of the molecule is COC(=O)C(NC(=O)c1ccc2[nH]ncc2c1)C(C)C. The third-order valence-corrected chi connectivity index (χ3v) is 3.11. The number of amides is 1. The summed E-state index contributed by atoms with van der Waals surface area (Å²) in [7, 11) is 1.31. The molecule has 2 aromatic rings. The molecule has 0 saturated carbocycles. The number of hydrogen-bond acceptors (Lipinski definition) is 4. The Bertz CT molecular complexity index is 633. The van der Waals surface area contributed by atoms with Gasteiger partial charge in [-0.2, -0.15) is 5.10 Å². The molecule has 20 heavy (non-hydrogen) atoms. The number of rotatable bonds is 4. The fourth-order valence-corrected chi connectivity index (χ4v) is 1.93. The summed E-state index contributed by atoms with van der Waals surface area (Å²) in [6, 6.07) is 4.53. The number of aromatic nitrogens is 2. The molecule has 1 heterocycles. The molecule has 0 aliphatic carbocycles. The number of fused-ring (bicyclic) bond motifs is 1. The predicted octanol–water partition coefficient (Wildman–Crippen LogP) is 1.49. The van der Waals surface area contributed by atoms with Crippen molar-refractivity contribution in [3.8, 4) is 0 Å². The summed E-state index contributed by atoms with van der Waals surface area (Å²) in [5.74, 6) is -0.806. The molecular formula is C14H17N3O3. The third-order valence-electron chi connectivity index (χ3n) is 3.11. The Morgan fingerprint density at radius 1 is 1.35 bits per heavy atom. The Kier molecular flexibility index (Phi) is 4.02. The first-order chi connectivity index (χ1) is 9.52. The monoisotopic (exact) mass is 275 g/mol. The molecule has 0 fully saturated rings. The zero-order chi connectivity index (χ0) is 14.7. The van der Waals surface area contributed by atoms with Gasteiger partial charge in [0.15, 0.2) is 0 Å². The van der Waals surface area contributed by atoms with Gasteiger partial charge in [0.1, 0.15) is 6.04 Å². The van der Waals surface area contributed by atoms with E-state index >= 15 is 0 Å². The van der Waals surface area contributed by atoms with Crippen LogP contribution >= 0.6 is 0 Å². The molecule has 2 rings (SSSR count). The first kappa shape index (κ1) is 14.0. The molecule has 1 aromatic carbocycles. The normalized spacial score (nSPS) is 12.4. The second kappa shape index (κ2) is 5.73. The highest BCUT2D eigenvalue weighted by atomic mass is 16.5. The fourth-order valence-electron chi connectivity index (χ4n) is 1.93. The van der Waals surface area contributed by atoms with Gasteiger partial charge in [0.25, 0.3) is 5.91 Å². The lowest BCUT2D eigenvalue weighted by atomic mass is 10.0. The van der Waals surface area contributed by atoms with Crippen molar-refractivity contribution in [3.05, 3.63) is 30.0 Å². The summed E-state index contributed by atoms with van der Waals surface area (Å²) in [6.07, 6.45) is 1.65. The first-order valence-electron chi connectivity index (χ1n) is 6.34. The Morgan fingerprint density at radius 2 is 2.10 bits per heavy atom. The van der Waals surface area contributed by atoms with Gasteiger partial charge >= 0.3 is 5.97 Å². The predicted molar refractivity (Wildman–Crippen MR) is 74.2 cm³/mol. The fraction of sp³-hybridized carbons (Fsp3) is 0.357. The number of methoxy groups -OCH3 is 1. The molecule has 1 aromatic heterocycles. The molecule has 0 spiro atoms. The van der Waals surface area contributed by atoms with E-state index in [9.17, 15) is 9.59 Å². The van der Waals surface area contributed by atoms with Crippen molar-refractivity contribution in [2.45, 2.75) is 19.9 Å². The van der Waals surface area contributed by atoms with E-state index in [2.05, 4.69) is 15.5 Å². The number of esters is 1. The number of H-pyrrole nitrogens is 1. The summed E-state index contributed by atoms with van der Waals surface area (Å²) >= 11 is 0. The van der Waals surface area contributed by atoms with E-state index in [1.165, 1.54) is 7.11 Å². The molecule has 0 aliphatic heterocycles. The van der Waals surface area contributed by atoms with Crippen LogP contribution in [0.4, 0.5) is 0 Å². The van der Waals surface area contributed by atoms with E-state index in [0.29, 0.717) is 5.56 Å². The summed E-state index contributed by atoms with van der Waals surface area (Å²) in [5, 5.41) is 10.3. The first-order valence-corrected chi connectivity index (χ1v) is 6.34. The zero-order valence-electron chi connectivity index (χ0n) is 11.6. The van der Waals surface area contributed by atoms with E-state index in [4.69, 9.17) is 4.74 Å². The van der Waals surface area contributed by atoms with Gasteiger partial charge in [-0.1, -0.05) is 13.8 Å². The van der Waals surface area contributed by atoms with E-state index in [0.717, 1.165) is 10.9 Å². The summed E-state index contributed by atoms with van der Waals surface area (Å²) < 4.78 is 4.70. The van der Waals surface area contributed by atoms with Crippen LogP contribution in [0.5, 0.6) is 0 Å². The van der Waals surface area contributed by atoms with Gasteiger partial charge in [-0.05, 0) is 24.1 Å². The smallest absolute Gasteiger partial charge is 0.328 e. The summed E-state index contributed by atoms with van der Waals surface area (Å²) in [4.78, 5) is 23.8. The number of carbonyl (C=O) groups excluding carboxylic acids is 2. The second-order valence-corrected chi connectivity index (χ2v) is 4.89. The maximum Gasteiger partial charge on any atom is 0.328 e. The summed E-state index contributed by atoms with van der Waals surface area (Å²) in [6.45, 7) is 3.70. The van der Waals surface area contributed by atoms with Crippen molar-refractivity contribution in [2.75, 3.05) is 7.11 Å². The van der Waals surface area contributed by atoms with Crippen molar-refractivity contribution in [1.82, 2.24) is 15.5 Å². The van der Waals surface area contributed by atoms with Crippen molar-refractivity contribution in [2.24, 2.45) is 5.92 Å². The van der Waals surface area contributed by atoms with Gasteiger partial charge in [-0.3, -0.25) is 9.89 Å². The van der Waals surface area contributed by atoms with Crippen molar-refractivity contribution >= 4 is 22.8 Å². The van der Waals surface area contributed by atoms with Crippen molar-refractivity contribution in [3.63, 3.8) is 0 Å². The molecule has 0 saturated heterocycles. The van der Waals surface area contributed by atoms with Crippen LogP contribution < -0.4 is 5.32 Å². The standard InChI is InChI=1S/C14H17N3O3/c1-8(2)12(14(19)20-3)16-13(18)9-4-5-11-10(6-9)7-15-17-11/h4-8,12H,1-3H3,(H,15,17)(H,16,18). The van der Waals surface area contributed by atoms with E-state index < -0.39 is 12.0 Å². The van der Waals surface area contributed by atoms with Gasteiger partial charge in [0.2, 0.25) is 0 Å². The third kappa shape index (κ3) is 2.79. The average Bonchev–Trinajstić information content (AvgIpc) is 2.90. The van der Waals surface area contributed by atoms with Crippen LogP contribution in [0.2, 0.25) is 0 Å². The second-order valence-electron chi connectivity index (χ2n) is 4.89. The maximum absolute atomic E-state index is 12.2. The number of aromatic amines is 1. The number of hydrogen-bond donors (Lipinski definition) is 2. The molecule has 2 N–H and O–H groups in total. The Labute approximate surface area is 116 Å². The molecular weight excluding hydrogens is 258 g/mol. The highest BCUT2D eigenvalue weighted by Gasteiger charge is 2.25. The molecule has 1 atom stereocenters. The minimum Gasteiger partial charge on any atom is -0.467 e. The van der Waals surface area contributed by atoms with Gasteiger partial charge in [0.05, 0.1) is 18.8 Å². The maximum atomic E-state index is 12.2. The molecule has 1 amide bonds. The largest absolute Gasteiger partial charge is 0.467 e. The van der Waals surface area contributed by atoms with E-state index in [-0.39, 0.29) is 11.8 Å². The summed E-state index contributed by atoms with van der Waals surface area (Å²) in [5.41, 5.74) is 1.34. The molecule has 0 aliphatic rings. The lowest BCUT2D eigenvalue weighted by Gasteiger charge is -2.19. The molecule has 0 radical (unpaired) electrons. The van der Waals surface area contributed by atoms with Gasteiger partial charge in [-0.25, -0.2) is 4.79 Å². The van der Waals surface area contributed by atoms with Gasteiger partial charge < -0.3 is 10.1 Å². The van der Waals surface area contributed by atoms with Crippen LogP contribution in [0.25, 0.3) is 10.9 Å². The molecule has 1 unspecified atom stereocenters. The van der Waals surface area contributed by atoms with Crippen LogP contribution in [0.1, 0.15) is 24.2 Å². The molecule has 6 nitrogen and oxygen atoms in total. The zero-order valence-corrected chi connectivity index (χ0v) is 11.6. The highest BCUT2D eigenvalue weighted by Crippen LogP contribution is 2.13. The highest BCUT2D eigenvalue weighted by molar-refractivity contribution is 5.99. The lowest BCUT2D eigenvalue weighted by Crippen LogP contribution is -2.45. The quantitative estimate of drug-likeness (QED) is 0.828.